The van der Waals surface area contributed by atoms with Crippen molar-refractivity contribution in [3.8, 4) is 0 Å². The summed E-state index contributed by atoms with van der Waals surface area (Å²) in [4.78, 5) is 104. The third-order valence-electron chi connectivity index (χ3n) is 13.6. The molecule has 0 aliphatic heterocycles. The molecule has 4 aromatic carbocycles. The maximum absolute atomic E-state index is 13.5. The Kier molecular flexibility index (Phi) is 22.0. The van der Waals surface area contributed by atoms with Crippen molar-refractivity contribution in [2.24, 2.45) is 31.9 Å². The first-order valence-electron chi connectivity index (χ1n) is 28.0. The minimum Gasteiger partial charge on any atom is -0.372 e. The Morgan fingerprint density at radius 3 is 1.61 bits per heavy atom. The number of primary amides is 2. The molecule has 0 bridgehead atoms. The highest BCUT2D eigenvalue weighted by atomic mass is 32.2. The van der Waals surface area contributed by atoms with Gasteiger partial charge in [-0.3, -0.25) is 33.3 Å². The maximum Gasteiger partial charge on any atom is 0.313 e. The topological polar surface area (TPSA) is 377 Å². The fourth-order valence-corrected chi connectivity index (χ4v) is 12.7. The Balaban J connectivity index is 1.13. The summed E-state index contributed by atoms with van der Waals surface area (Å²) in [6.07, 6.45) is 8.99. The molecular weight excluding hydrogens is 1220 g/mol. The molecule has 0 radical (unpaired) electrons. The van der Waals surface area contributed by atoms with Gasteiger partial charge in [0, 0.05) is 71.5 Å². The first-order chi connectivity index (χ1) is 42.6. The van der Waals surface area contributed by atoms with Gasteiger partial charge in [-0.25, -0.2) is 9.97 Å². The van der Waals surface area contributed by atoms with Gasteiger partial charge in [0.1, 0.15) is 11.4 Å². The van der Waals surface area contributed by atoms with Crippen LogP contribution in [0, 0.1) is 0 Å². The minimum absolute atomic E-state index is 0.0867. The van der Waals surface area contributed by atoms with E-state index in [2.05, 4.69) is 61.5 Å². The van der Waals surface area contributed by atoms with Crippen LogP contribution in [0.25, 0.3) is 12.2 Å². The number of carbonyl (C=O) groups excluding carboxylic acids is 6. The molecule has 8 rings (SSSR count). The number of thiazole rings is 2. The zero-order chi connectivity index (χ0) is 63.9. The van der Waals surface area contributed by atoms with E-state index >= 15 is 0 Å². The smallest absolute Gasteiger partial charge is 0.313 e. The Bertz CT molecular complexity index is 4080. The van der Waals surface area contributed by atoms with Crippen LogP contribution >= 0.6 is 34.4 Å². The van der Waals surface area contributed by atoms with E-state index in [1.165, 1.54) is 67.4 Å². The van der Waals surface area contributed by atoms with E-state index in [4.69, 9.17) is 26.4 Å². The molecule has 30 heteroatoms. The van der Waals surface area contributed by atoms with Crippen molar-refractivity contribution in [1.29, 1.82) is 0 Å². The second-order valence-corrected chi connectivity index (χ2v) is 24.4. The van der Waals surface area contributed by atoms with Crippen molar-refractivity contribution in [3.63, 3.8) is 0 Å². The van der Waals surface area contributed by atoms with E-state index in [1.54, 1.807) is 24.3 Å². The molecule has 9 N–H and O–H groups in total. The molecule has 3 heterocycles. The number of carbonyl (C=O) groups is 6. The number of anilines is 8. The lowest BCUT2D eigenvalue weighted by Crippen LogP contribution is -2.21. The highest BCUT2D eigenvalue weighted by Crippen LogP contribution is 2.40. The molecule has 1 aliphatic rings. The molecule has 7 aromatic rings. The fraction of sp³-hybridized carbons (Fsp3) is 0.271. The van der Waals surface area contributed by atoms with Gasteiger partial charge < -0.3 is 42.5 Å². The summed E-state index contributed by atoms with van der Waals surface area (Å²) in [7, 11) is -5.06. The summed E-state index contributed by atoms with van der Waals surface area (Å²) in [5.74, 6) is -4.09. The third kappa shape index (κ3) is 17.6. The van der Waals surface area contributed by atoms with Crippen LogP contribution in [0.4, 0.5) is 67.7 Å². The zero-order valence-electron chi connectivity index (χ0n) is 49.2. The lowest BCUT2D eigenvalue weighted by atomic mass is 10.0. The van der Waals surface area contributed by atoms with E-state index in [1.807, 2.05) is 52.0 Å². The van der Waals surface area contributed by atoms with Crippen molar-refractivity contribution in [2.75, 3.05) is 57.2 Å². The van der Waals surface area contributed by atoms with Gasteiger partial charge in [-0.2, -0.15) is 23.4 Å². The third-order valence-corrected chi connectivity index (χ3v) is 17.5. The monoisotopic (exact) mass is 1280 g/mol. The average molecular weight is 1280 g/mol. The first kappa shape index (κ1) is 65.5. The second kappa shape index (κ2) is 29.9. The Hall–Kier alpha value is -9.49. The Morgan fingerprint density at radius 1 is 0.640 bits per heavy atom. The SMILES string of the molecule is CCN(CC)c1ccc(N=Nc2ncc(C=C(C(C)=O)C(=O)Nc3cccc(C(N)=O)c3)s2)c(Nc2nc(Nc3cc(N(CC)CC)ccc3N=Nc3nc(S(=O)(=O)O)c(C=C(C(C)=O)C(=O)Nc4cccc(C(N)=O)c4)s3)nc(SC3CCCCC3)n2)c1. The summed E-state index contributed by atoms with van der Waals surface area (Å²) in [5.41, 5.74) is 13.9. The lowest BCUT2D eigenvalue weighted by molar-refractivity contribution is -0.120. The quantitative estimate of drug-likeness (QED) is 0.00826. The number of nitrogens with one attached hydrogen (secondary N) is 4. The van der Waals surface area contributed by atoms with Crippen LogP contribution in [0.2, 0.25) is 0 Å². The molecule has 0 atom stereocenters. The van der Waals surface area contributed by atoms with Gasteiger partial charge in [0.2, 0.25) is 39.0 Å². The van der Waals surface area contributed by atoms with Crippen LogP contribution in [0.5, 0.6) is 0 Å². The van der Waals surface area contributed by atoms with E-state index in [9.17, 15) is 41.7 Å². The fourth-order valence-electron chi connectivity index (χ4n) is 9.12. The number of benzene rings is 4. The van der Waals surface area contributed by atoms with Crippen LogP contribution in [0.15, 0.2) is 133 Å². The van der Waals surface area contributed by atoms with Gasteiger partial charge >= 0.3 is 10.1 Å². The van der Waals surface area contributed by atoms with Crippen LogP contribution < -0.4 is 42.5 Å². The van der Waals surface area contributed by atoms with E-state index in [0.29, 0.717) is 64.6 Å². The number of nitrogens with two attached hydrogens (primary N) is 2. The maximum atomic E-state index is 13.5. The molecule has 1 fully saturated rings. The summed E-state index contributed by atoms with van der Waals surface area (Å²) in [6.45, 7) is 13.1. The zero-order valence-corrected chi connectivity index (χ0v) is 52.4. The van der Waals surface area contributed by atoms with Gasteiger partial charge in [-0.05, 0) is 139 Å². The van der Waals surface area contributed by atoms with Crippen molar-refractivity contribution in [2.45, 2.75) is 89.1 Å². The van der Waals surface area contributed by atoms with Crippen LogP contribution in [0.1, 0.15) is 104 Å². The standard InChI is InChI=1S/C59H63N17O9S4/c1-7-75(8-2)39-22-24-45(71-73-57-62-32-42(87-57)30-43(33(5)77)52(81)63-37-18-14-16-35(26-37)50(60)79)47(28-39)65-55-68-56(70-58(69-55)86-41-20-12-11-13-21-41)66-48-29-40(76(9-3)10-4)23-25-46(48)72-74-59-67-54(89(83,84)85)49(88-59)31-44(34(6)78)53(82)64-38-19-15-17-36(27-38)51(61)80/h14-19,22-32,41H,7-13,20-21H2,1-6H3,(H2,60,79)(H2,61,80)(H,63,81)(H,64,82)(H,83,84,85)(H2,65,66,68,69,70). The number of nitrogens with zero attached hydrogens (tertiary/aromatic N) is 11. The molecule has 0 spiro atoms. The molecule has 462 valence electrons. The number of Topliss-reactive ketones (excluding diaryl/α,β-unsaturated/α-hetero) is 2. The van der Waals surface area contributed by atoms with Gasteiger partial charge in [-0.15, -0.1) is 20.5 Å². The summed E-state index contributed by atoms with van der Waals surface area (Å²) in [6, 6.07) is 22.7. The molecule has 0 saturated heterocycles. The molecule has 89 heavy (non-hydrogen) atoms. The average Bonchev–Trinajstić information content (AvgIpc) is 3.11. The largest absolute Gasteiger partial charge is 0.372 e. The molecule has 26 nitrogen and oxygen atoms in total. The lowest BCUT2D eigenvalue weighted by Gasteiger charge is -2.23. The highest BCUT2D eigenvalue weighted by Gasteiger charge is 2.26. The van der Waals surface area contributed by atoms with Crippen LogP contribution in [-0.4, -0.2) is 105 Å². The summed E-state index contributed by atoms with van der Waals surface area (Å²) < 4.78 is 35.8. The number of azo groups is 2. The molecule has 3 aromatic heterocycles. The highest BCUT2D eigenvalue weighted by molar-refractivity contribution is 7.99. The van der Waals surface area contributed by atoms with Crippen molar-refractivity contribution >= 4 is 160 Å². The van der Waals surface area contributed by atoms with Crippen molar-refractivity contribution in [3.05, 3.63) is 123 Å². The van der Waals surface area contributed by atoms with Gasteiger partial charge in [0.05, 0.1) is 32.3 Å². The molecule has 4 amide bonds. The Morgan fingerprint density at radius 2 is 1.13 bits per heavy atom. The van der Waals surface area contributed by atoms with Crippen molar-refractivity contribution in [1.82, 2.24) is 24.9 Å². The van der Waals surface area contributed by atoms with E-state index < -0.39 is 55.9 Å². The number of rotatable bonds is 27. The van der Waals surface area contributed by atoms with Gasteiger partial charge in [0.15, 0.2) is 16.7 Å². The Labute approximate surface area is 524 Å². The minimum atomic E-state index is -5.06. The molecule has 1 saturated carbocycles. The predicted molar refractivity (Wildman–Crippen MR) is 346 cm³/mol. The second-order valence-electron chi connectivity index (χ2n) is 19.8. The first-order valence-corrected chi connectivity index (χ1v) is 32.0. The van der Waals surface area contributed by atoms with Gasteiger partial charge in [0.25, 0.3) is 11.8 Å². The summed E-state index contributed by atoms with van der Waals surface area (Å²) in [5, 5.41) is 29.4. The number of aromatic nitrogens is 5. The van der Waals surface area contributed by atoms with Crippen molar-refractivity contribution < 1.29 is 41.7 Å². The van der Waals surface area contributed by atoms with Gasteiger partial charge in [-0.1, -0.05) is 65.8 Å². The number of hydrogen-bond acceptors (Lipinski definition) is 24. The van der Waals surface area contributed by atoms with Crippen LogP contribution in [0.3, 0.4) is 0 Å². The normalized spacial score (nSPS) is 13.1. The summed E-state index contributed by atoms with van der Waals surface area (Å²) >= 11 is 3.25. The van der Waals surface area contributed by atoms with E-state index in [0.717, 1.165) is 67.8 Å². The number of amides is 4. The molecule has 1 aliphatic carbocycles. The number of thioether (sulfide) groups is 1. The van der Waals surface area contributed by atoms with Crippen LogP contribution in [-0.2, 0) is 29.3 Å². The number of ketones is 2. The van der Waals surface area contributed by atoms with E-state index in [-0.39, 0.29) is 66.0 Å². The number of hydrogen-bond donors (Lipinski definition) is 7. The molecule has 0 unspecified atom stereocenters. The molecular formula is C59H63N17O9S4. The predicted octanol–water partition coefficient (Wildman–Crippen LogP) is 11.9.